The van der Waals surface area contributed by atoms with E-state index in [0.29, 0.717) is 17.5 Å². The Bertz CT molecular complexity index is 641. The molecule has 1 atom stereocenters. The van der Waals surface area contributed by atoms with E-state index in [1.807, 2.05) is 29.5 Å². The van der Waals surface area contributed by atoms with Gasteiger partial charge in [-0.25, -0.2) is 0 Å². The molecule has 1 aliphatic carbocycles. The standard InChI is InChI=1S/C18H23NO3S/c1-21-17-11-13(5-6-16(17)22-9-8-20)12-19-15-3-2-4-18-14(15)7-10-23-18/h5-7,10-11,15,19-20H,2-4,8-9,12H2,1H3. The van der Waals surface area contributed by atoms with Gasteiger partial charge >= 0.3 is 0 Å². The minimum atomic E-state index is -0.00286. The van der Waals surface area contributed by atoms with Gasteiger partial charge in [0.1, 0.15) is 6.61 Å². The molecule has 4 nitrogen and oxygen atoms in total. The first-order valence-electron chi connectivity index (χ1n) is 8.02. The average molecular weight is 333 g/mol. The molecule has 0 aliphatic heterocycles. The summed E-state index contributed by atoms with van der Waals surface area (Å²) in [5.74, 6) is 1.38. The number of rotatable bonds is 7. The Hall–Kier alpha value is -1.56. The molecule has 0 fully saturated rings. The Labute approximate surface area is 141 Å². The highest BCUT2D eigenvalue weighted by Gasteiger charge is 2.20. The average Bonchev–Trinajstić information content (AvgIpc) is 3.07. The number of hydrogen-bond acceptors (Lipinski definition) is 5. The molecule has 1 heterocycles. The van der Waals surface area contributed by atoms with E-state index in [4.69, 9.17) is 14.6 Å². The fraction of sp³-hybridized carbons (Fsp3) is 0.444. The van der Waals surface area contributed by atoms with Crippen LogP contribution in [0.2, 0.25) is 0 Å². The van der Waals surface area contributed by atoms with Crippen molar-refractivity contribution in [1.29, 1.82) is 0 Å². The molecular weight excluding hydrogens is 310 g/mol. The van der Waals surface area contributed by atoms with E-state index < -0.39 is 0 Å². The zero-order valence-corrected chi connectivity index (χ0v) is 14.2. The number of methoxy groups -OCH3 is 1. The van der Waals surface area contributed by atoms with E-state index in [9.17, 15) is 0 Å². The Balaban J connectivity index is 1.65. The van der Waals surface area contributed by atoms with Gasteiger partial charge in [-0.1, -0.05) is 6.07 Å². The van der Waals surface area contributed by atoms with Crippen LogP contribution in [0.15, 0.2) is 29.6 Å². The third-order valence-electron chi connectivity index (χ3n) is 4.18. The maximum absolute atomic E-state index is 8.86. The van der Waals surface area contributed by atoms with E-state index in [-0.39, 0.29) is 13.2 Å². The summed E-state index contributed by atoms with van der Waals surface area (Å²) < 4.78 is 10.9. The fourth-order valence-corrected chi connectivity index (χ4v) is 4.02. The number of hydrogen-bond donors (Lipinski definition) is 2. The van der Waals surface area contributed by atoms with Crippen molar-refractivity contribution >= 4 is 11.3 Å². The van der Waals surface area contributed by atoms with E-state index in [1.165, 1.54) is 35.3 Å². The van der Waals surface area contributed by atoms with Gasteiger partial charge in [-0.2, -0.15) is 0 Å². The zero-order chi connectivity index (χ0) is 16.1. The molecule has 23 heavy (non-hydrogen) atoms. The predicted octanol–water partition coefficient (Wildman–Crippen LogP) is 3.30. The first-order valence-corrected chi connectivity index (χ1v) is 8.90. The van der Waals surface area contributed by atoms with Crippen LogP contribution in [0.3, 0.4) is 0 Å². The van der Waals surface area contributed by atoms with Crippen LogP contribution >= 0.6 is 11.3 Å². The summed E-state index contributed by atoms with van der Waals surface area (Å²) in [5.41, 5.74) is 2.64. The minimum Gasteiger partial charge on any atom is -0.493 e. The first kappa shape index (κ1) is 16.3. The van der Waals surface area contributed by atoms with E-state index in [2.05, 4.69) is 16.8 Å². The van der Waals surface area contributed by atoms with Crippen molar-refractivity contribution in [2.75, 3.05) is 20.3 Å². The highest BCUT2D eigenvalue weighted by atomic mass is 32.1. The number of ether oxygens (including phenoxy) is 2. The van der Waals surface area contributed by atoms with Crippen molar-refractivity contribution in [3.05, 3.63) is 45.6 Å². The third-order valence-corrected chi connectivity index (χ3v) is 5.18. The lowest BCUT2D eigenvalue weighted by Gasteiger charge is -2.24. The van der Waals surface area contributed by atoms with Crippen LogP contribution in [0.5, 0.6) is 11.5 Å². The normalized spacial score (nSPS) is 16.9. The van der Waals surface area contributed by atoms with Crippen LogP contribution in [0.4, 0.5) is 0 Å². The molecule has 0 radical (unpaired) electrons. The Morgan fingerprint density at radius 2 is 2.22 bits per heavy atom. The lowest BCUT2D eigenvalue weighted by Crippen LogP contribution is -2.23. The molecule has 3 rings (SSSR count). The van der Waals surface area contributed by atoms with Crippen molar-refractivity contribution in [2.45, 2.75) is 31.8 Å². The lowest BCUT2D eigenvalue weighted by molar-refractivity contribution is 0.196. The fourth-order valence-electron chi connectivity index (χ4n) is 3.04. The van der Waals surface area contributed by atoms with Gasteiger partial charge in [0.25, 0.3) is 0 Å². The van der Waals surface area contributed by atoms with Gasteiger partial charge in [-0.05, 0) is 54.0 Å². The summed E-state index contributed by atoms with van der Waals surface area (Å²) in [6.07, 6.45) is 3.66. The number of aryl methyl sites for hydroxylation is 1. The summed E-state index contributed by atoms with van der Waals surface area (Å²) in [7, 11) is 1.64. The Morgan fingerprint density at radius 1 is 1.30 bits per heavy atom. The largest absolute Gasteiger partial charge is 0.493 e. The molecule has 0 amide bonds. The second-order valence-electron chi connectivity index (χ2n) is 5.68. The number of thiophene rings is 1. The molecule has 1 aromatic carbocycles. The van der Waals surface area contributed by atoms with Crippen molar-refractivity contribution in [3.8, 4) is 11.5 Å². The van der Waals surface area contributed by atoms with Crippen molar-refractivity contribution in [3.63, 3.8) is 0 Å². The summed E-state index contributed by atoms with van der Waals surface area (Å²) >= 11 is 1.87. The molecule has 1 unspecified atom stereocenters. The van der Waals surface area contributed by atoms with Gasteiger partial charge in [0.05, 0.1) is 13.7 Å². The zero-order valence-electron chi connectivity index (χ0n) is 13.4. The first-order chi connectivity index (χ1) is 11.3. The maximum Gasteiger partial charge on any atom is 0.161 e. The number of aliphatic hydroxyl groups excluding tert-OH is 1. The second kappa shape index (κ2) is 7.81. The van der Waals surface area contributed by atoms with Crippen LogP contribution in [-0.2, 0) is 13.0 Å². The van der Waals surface area contributed by atoms with Crippen LogP contribution < -0.4 is 14.8 Å². The molecule has 0 spiro atoms. The quantitative estimate of drug-likeness (QED) is 0.816. The molecule has 1 aromatic heterocycles. The monoisotopic (exact) mass is 333 g/mol. The summed E-state index contributed by atoms with van der Waals surface area (Å²) in [6.45, 7) is 1.07. The number of fused-ring (bicyclic) bond motifs is 1. The van der Waals surface area contributed by atoms with Crippen molar-refractivity contribution in [1.82, 2.24) is 5.32 Å². The van der Waals surface area contributed by atoms with Crippen LogP contribution in [0.25, 0.3) is 0 Å². The van der Waals surface area contributed by atoms with Gasteiger partial charge in [0.2, 0.25) is 0 Å². The number of benzene rings is 1. The Morgan fingerprint density at radius 3 is 3.04 bits per heavy atom. The van der Waals surface area contributed by atoms with Crippen LogP contribution in [0, 0.1) is 0 Å². The van der Waals surface area contributed by atoms with Gasteiger partial charge in [-0.15, -0.1) is 11.3 Å². The highest BCUT2D eigenvalue weighted by molar-refractivity contribution is 7.10. The van der Waals surface area contributed by atoms with Crippen LogP contribution in [0.1, 0.15) is 34.9 Å². The van der Waals surface area contributed by atoms with Crippen LogP contribution in [-0.4, -0.2) is 25.4 Å². The number of nitrogens with one attached hydrogen (secondary N) is 1. The molecule has 5 heteroatoms. The molecule has 124 valence electrons. The second-order valence-corrected chi connectivity index (χ2v) is 6.68. The molecular formula is C18H23NO3S. The van der Waals surface area contributed by atoms with E-state index in [1.54, 1.807) is 7.11 Å². The van der Waals surface area contributed by atoms with E-state index in [0.717, 1.165) is 6.54 Å². The van der Waals surface area contributed by atoms with Gasteiger partial charge in [0, 0.05) is 17.5 Å². The maximum atomic E-state index is 8.86. The smallest absolute Gasteiger partial charge is 0.161 e. The molecule has 1 aliphatic rings. The molecule has 0 saturated heterocycles. The Kier molecular flexibility index (Phi) is 5.54. The summed E-state index contributed by atoms with van der Waals surface area (Å²) in [4.78, 5) is 1.53. The highest BCUT2D eigenvalue weighted by Crippen LogP contribution is 2.34. The van der Waals surface area contributed by atoms with Gasteiger partial charge in [-0.3, -0.25) is 0 Å². The molecule has 2 aromatic rings. The minimum absolute atomic E-state index is 0.00286. The van der Waals surface area contributed by atoms with Gasteiger partial charge < -0.3 is 19.9 Å². The lowest BCUT2D eigenvalue weighted by atomic mass is 9.94. The molecule has 0 saturated carbocycles. The SMILES string of the molecule is COc1cc(CNC2CCCc3sccc32)ccc1OCCO. The third kappa shape index (κ3) is 3.86. The van der Waals surface area contributed by atoms with E-state index >= 15 is 0 Å². The van der Waals surface area contributed by atoms with Crippen molar-refractivity contribution in [2.24, 2.45) is 0 Å². The molecule has 0 bridgehead atoms. The topological polar surface area (TPSA) is 50.7 Å². The summed E-state index contributed by atoms with van der Waals surface area (Å²) in [5, 5.41) is 14.7. The number of aliphatic hydroxyl groups is 1. The van der Waals surface area contributed by atoms with Crippen molar-refractivity contribution < 1.29 is 14.6 Å². The predicted molar refractivity (Wildman–Crippen MR) is 92.4 cm³/mol. The molecule has 2 N–H and O–H groups in total. The summed E-state index contributed by atoms with van der Waals surface area (Å²) in [6, 6.07) is 8.64. The van der Waals surface area contributed by atoms with Gasteiger partial charge in [0.15, 0.2) is 11.5 Å².